The summed E-state index contributed by atoms with van der Waals surface area (Å²) in [5.41, 5.74) is 3.59. The summed E-state index contributed by atoms with van der Waals surface area (Å²) < 4.78 is 6.57. The van der Waals surface area contributed by atoms with Gasteiger partial charge in [-0.25, -0.2) is 9.69 Å². The van der Waals surface area contributed by atoms with Crippen molar-refractivity contribution in [1.29, 1.82) is 0 Å². The van der Waals surface area contributed by atoms with Crippen LogP contribution in [0, 0.1) is 24.0 Å². The van der Waals surface area contributed by atoms with Crippen molar-refractivity contribution in [3.05, 3.63) is 87.4 Å². The van der Waals surface area contributed by atoms with Crippen LogP contribution in [-0.2, 0) is 14.3 Å². The predicted octanol–water partition coefficient (Wildman–Crippen LogP) is 4.22. The molecule has 1 saturated heterocycles. The quantitative estimate of drug-likeness (QED) is 0.167. The number of aromatic nitrogens is 1. The molecule has 11 heteroatoms. The third-order valence-corrected chi connectivity index (χ3v) is 6.64. The number of non-ortho nitro benzene ring substituents is 1. The second-order valence-electron chi connectivity index (χ2n) is 7.96. The van der Waals surface area contributed by atoms with Crippen molar-refractivity contribution in [3.8, 4) is 5.69 Å². The molecular formula is C25H22N4O6S. The van der Waals surface area contributed by atoms with Crippen LogP contribution >= 0.6 is 11.8 Å². The molecule has 0 unspecified atom stereocenters. The van der Waals surface area contributed by atoms with Crippen molar-refractivity contribution in [2.75, 3.05) is 13.7 Å². The molecule has 2 heterocycles. The first-order valence-corrected chi connectivity index (χ1v) is 11.6. The molecule has 4 rings (SSSR count). The standard InChI is InChI=1S/C25H22N4O6S/c1-15-12-17(13-22-24(31)27(25(32)26-22)14-23(30)35-3)16(2)28(15)18-4-8-20(9-5-18)36-21-10-6-19(7-11-21)29(33)34/h4-13H,14H2,1-3H3,(H,26,32)/b22-13+. The first kappa shape index (κ1) is 24.7. The summed E-state index contributed by atoms with van der Waals surface area (Å²) in [5.74, 6) is -1.28. The first-order valence-electron chi connectivity index (χ1n) is 10.8. The number of rotatable bonds is 7. The van der Waals surface area contributed by atoms with E-state index < -0.39 is 29.4 Å². The van der Waals surface area contributed by atoms with E-state index in [9.17, 15) is 24.5 Å². The summed E-state index contributed by atoms with van der Waals surface area (Å²) in [6, 6.07) is 15.5. The number of esters is 1. The highest BCUT2D eigenvalue weighted by Gasteiger charge is 2.35. The van der Waals surface area contributed by atoms with Gasteiger partial charge in [0.15, 0.2) is 0 Å². The Kier molecular flexibility index (Phi) is 6.93. The number of ether oxygens (including phenoxy) is 1. The molecule has 184 valence electrons. The highest BCUT2D eigenvalue weighted by atomic mass is 32.2. The highest BCUT2D eigenvalue weighted by Crippen LogP contribution is 2.31. The third-order valence-electron chi connectivity index (χ3n) is 5.63. The van der Waals surface area contributed by atoms with E-state index in [1.54, 1.807) is 18.2 Å². The molecule has 3 amide bonds. The lowest BCUT2D eigenvalue weighted by Crippen LogP contribution is -2.36. The zero-order valence-corrected chi connectivity index (χ0v) is 20.5. The van der Waals surface area contributed by atoms with Crippen LogP contribution in [0.15, 0.2) is 70.1 Å². The third kappa shape index (κ3) is 5.01. The van der Waals surface area contributed by atoms with Gasteiger partial charge < -0.3 is 14.6 Å². The molecule has 0 spiro atoms. The van der Waals surface area contributed by atoms with Crippen LogP contribution in [0.3, 0.4) is 0 Å². The van der Waals surface area contributed by atoms with E-state index in [1.165, 1.54) is 31.0 Å². The SMILES string of the molecule is COC(=O)CN1C(=O)N/C(=C/c2cc(C)n(-c3ccc(Sc4ccc([N+](=O)[O-])cc4)cc3)c2C)C1=O. The number of benzene rings is 2. The molecule has 0 bridgehead atoms. The molecule has 1 aliphatic rings. The number of aryl methyl sites for hydroxylation is 1. The maximum atomic E-state index is 12.6. The monoisotopic (exact) mass is 506 g/mol. The maximum absolute atomic E-state index is 12.6. The summed E-state index contributed by atoms with van der Waals surface area (Å²) in [7, 11) is 1.19. The minimum absolute atomic E-state index is 0.0501. The van der Waals surface area contributed by atoms with Gasteiger partial charge in [0.2, 0.25) is 0 Å². The van der Waals surface area contributed by atoms with Crippen LogP contribution in [0.4, 0.5) is 10.5 Å². The number of carbonyl (C=O) groups is 3. The van der Waals surface area contributed by atoms with Crippen LogP contribution in [0.1, 0.15) is 17.0 Å². The maximum Gasteiger partial charge on any atom is 0.329 e. The number of imide groups is 1. The van der Waals surface area contributed by atoms with Gasteiger partial charge in [0.05, 0.1) is 12.0 Å². The van der Waals surface area contributed by atoms with E-state index in [2.05, 4.69) is 10.1 Å². The van der Waals surface area contributed by atoms with E-state index in [4.69, 9.17) is 0 Å². The number of hydrogen-bond acceptors (Lipinski definition) is 7. The lowest BCUT2D eigenvalue weighted by Gasteiger charge is -2.11. The Labute approximate surface area is 210 Å². The second-order valence-corrected chi connectivity index (χ2v) is 9.11. The number of nitrogens with zero attached hydrogens (tertiary/aromatic N) is 3. The molecule has 1 aliphatic heterocycles. The molecule has 1 N–H and O–H groups in total. The summed E-state index contributed by atoms with van der Waals surface area (Å²) in [5, 5.41) is 13.3. The molecular weight excluding hydrogens is 484 g/mol. The lowest BCUT2D eigenvalue weighted by atomic mass is 10.2. The smallest absolute Gasteiger partial charge is 0.329 e. The summed E-state index contributed by atoms with van der Waals surface area (Å²) in [4.78, 5) is 49.3. The van der Waals surface area contributed by atoms with E-state index in [1.807, 2.05) is 48.7 Å². The Bertz CT molecular complexity index is 1390. The number of nitro groups is 1. The average Bonchev–Trinajstić information content (AvgIpc) is 3.28. The number of nitrogens with one attached hydrogen (secondary N) is 1. The number of nitro benzene ring substituents is 1. The molecule has 0 saturated carbocycles. The number of urea groups is 1. The fourth-order valence-electron chi connectivity index (χ4n) is 3.83. The summed E-state index contributed by atoms with van der Waals surface area (Å²) in [6.45, 7) is 3.39. The molecule has 0 aliphatic carbocycles. The van der Waals surface area contributed by atoms with Gasteiger partial charge in [-0.05, 0) is 68.0 Å². The van der Waals surface area contributed by atoms with Crippen molar-refractivity contribution < 1.29 is 24.0 Å². The van der Waals surface area contributed by atoms with Crippen molar-refractivity contribution in [1.82, 2.24) is 14.8 Å². The number of amides is 3. The van der Waals surface area contributed by atoms with E-state index in [0.717, 1.165) is 37.3 Å². The van der Waals surface area contributed by atoms with Gasteiger partial charge in [-0.15, -0.1) is 0 Å². The fourth-order valence-corrected chi connectivity index (χ4v) is 4.65. The number of hydrogen-bond donors (Lipinski definition) is 1. The largest absolute Gasteiger partial charge is 0.468 e. The zero-order valence-electron chi connectivity index (χ0n) is 19.7. The first-order chi connectivity index (χ1) is 17.2. The van der Waals surface area contributed by atoms with Gasteiger partial charge in [0.1, 0.15) is 12.2 Å². The minimum Gasteiger partial charge on any atom is -0.468 e. The van der Waals surface area contributed by atoms with Crippen LogP contribution < -0.4 is 5.32 Å². The Morgan fingerprint density at radius 3 is 2.28 bits per heavy atom. The lowest BCUT2D eigenvalue weighted by molar-refractivity contribution is -0.384. The van der Waals surface area contributed by atoms with Gasteiger partial charge in [0, 0.05) is 39.0 Å². The number of carbonyl (C=O) groups excluding carboxylic acids is 3. The van der Waals surface area contributed by atoms with Gasteiger partial charge in [0.25, 0.3) is 11.6 Å². The highest BCUT2D eigenvalue weighted by molar-refractivity contribution is 7.99. The molecule has 10 nitrogen and oxygen atoms in total. The molecule has 1 aromatic heterocycles. The van der Waals surface area contributed by atoms with Crippen molar-refractivity contribution >= 4 is 41.4 Å². The van der Waals surface area contributed by atoms with Gasteiger partial charge in [-0.2, -0.15) is 0 Å². The van der Waals surface area contributed by atoms with Crippen molar-refractivity contribution in [2.45, 2.75) is 23.6 Å². The normalized spacial score (nSPS) is 14.3. The summed E-state index contributed by atoms with van der Waals surface area (Å²) in [6.07, 6.45) is 1.59. The second kappa shape index (κ2) is 10.1. The fraction of sp³-hybridized carbons (Fsp3) is 0.160. The van der Waals surface area contributed by atoms with E-state index in [0.29, 0.717) is 0 Å². The van der Waals surface area contributed by atoms with Crippen LogP contribution in [0.25, 0.3) is 11.8 Å². The average molecular weight is 507 g/mol. The predicted molar refractivity (Wildman–Crippen MR) is 133 cm³/mol. The van der Waals surface area contributed by atoms with Gasteiger partial charge >= 0.3 is 12.0 Å². The number of methoxy groups -OCH3 is 1. The minimum atomic E-state index is -0.687. The zero-order chi connectivity index (χ0) is 26.0. The van der Waals surface area contributed by atoms with Crippen LogP contribution in [0.5, 0.6) is 0 Å². The Morgan fingerprint density at radius 2 is 1.69 bits per heavy atom. The Hall–Kier alpha value is -4.38. The van der Waals surface area contributed by atoms with E-state index >= 15 is 0 Å². The Balaban J connectivity index is 1.53. The van der Waals surface area contributed by atoms with Crippen LogP contribution in [-0.4, -0.2) is 46.0 Å². The Morgan fingerprint density at radius 1 is 1.08 bits per heavy atom. The van der Waals surface area contributed by atoms with Crippen LogP contribution in [0.2, 0.25) is 0 Å². The van der Waals surface area contributed by atoms with Gasteiger partial charge in [-0.1, -0.05) is 11.8 Å². The van der Waals surface area contributed by atoms with E-state index in [-0.39, 0.29) is 11.4 Å². The summed E-state index contributed by atoms with van der Waals surface area (Å²) >= 11 is 1.50. The molecule has 0 atom stereocenters. The molecule has 1 fully saturated rings. The van der Waals surface area contributed by atoms with Gasteiger partial charge in [-0.3, -0.25) is 19.7 Å². The molecule has 2 aromatic carbocycles. The molecule has 36 heavy (non-hydrogen) atoms. The topological polar surface area (TPSA) is 124 Å². The van der Waals surface area contributed by atoms with Crippen molar-refractivity contribution in [3.63, 3.8) is 0 Å². The van der Waals surface area contributed by atoms with Crippen molar-refractivity contribution in [2.24, 2.45) is 0 Å². The molecule has 0 radical (unpaired) electrons. The molecule has 3 aromatic rings.